The first kappa shape index (κ1) is 12.3. The van der Waals surface area contributed by atoms with Crippen molar-refractivity contribution in [3.8, 4) is 5.75 Å². The van der Waals surface area contributed by atoms with Gasteiger partial charge in [0.15, 0.2) is 0 Å². The molecule has 1 aliphatic carbocycles. The molecule has 0 aliphatic heterocycles. The summed E-state index contributed by atoms with van der Waals surface area (Å²) >= 11 is 0. The van der Waals surface area contributed by atoms with E-state index >= 15 is 0 Å². The molecule has 0 atom stereocenters. The number of aryl methyl sites for hydroxylation is 1. The number of phenols is 1. The smallest absolute Gasteiger partial charge is 0.241 e. The number of rotatable bonds is 2. The summed E-state index contributed by atoms with van der Waals surface area (Å²) in [6, 6.07) is 1.48. The van der Waals surface area contributed by atoms with Crippen LogP contribution in [0.4, 0.5) is 0 Å². The number of hydrogen-bond acceptors (Lipinski definition) is 4. The third kappa shape index (κ3) is 2.15. The number of phenolic OH excluding ortho intramolecular Hbond substituents is 1. The van der Waals surface area contributed by atoms with Gasteiger partial charge in [-0.05, 0) is 42.9 Å². The summed E-state index contributed by atoms with van der Waals surface area (Å²) in [7, 11) is -3.91. The van der Waals surface area contributed by atoms with Crippen molar-refractivity contribution in [1.82, 2.24) is 0 Å². The quantitative estimate of drug-likeness (QED) is 0.711. The van der Waals surface area contributed by atoms with Crippen molar-refractivity contribution in [1.29, 1.82) is 0 Å². The maximum atomic E-state index is 11.4. The van der Waals surface area contributed by atoms with Crippen LogP contribution in [0.5, 0.6) is 5.75 Å². The summed E-state index contributed by atoms with van der Waals surface area (Å²) in [4.78, 5) is -0.210. The highest BCUT2D eigenvalue weighted by molar-refractivity contribution is 7.89. The lowest BCUT2D eigenvalue weighted by atomic mass is 9.88. The van der Waals surface area contributed by atoms with Crippen LogP contribution in [0.2, 0.25) is 0 Å². The van der Waals surface area contributed by atoms with Crippen molar-refractivity contribution in [3.05, 3.63) is 22.8 Å². The summed E-state index contributed by atoms with van der Waals surface area (Å²) in [5.41, 5.74) is 8.04. The Morgan fingerprint density at radius 2 is 1.94 bits per heavy atom. The molecule has 0 amide bonds. The molecule has 0 saturated heterocycles. The molecule has 0 spiro atoms. The lowest BCUT2D eigenvalue weighted by molar-refractivity contribution is 0.448. The average molecular weight is 256 g/mol. The topological polar surface area (TPSA) is 106 Å². The van der Waals surface area contributed by atoms with Crippen LogP contribution in [0.15, 0.2) is 11.0 Å². The Bertz CT molecular complexity index is 552. The molecule has 0 unspecified atom stereocenters. The van der Waals surface area contributed by atoms with Gasteiger partial charge in [0.2, 0.25) is 10.0 Å². The Morgan fingerprint density at radius 3 is 2.53 bits per heavy atom. The van der Waals surface area contributed by atoms with Crippen molar-refractivity contribution in [3.63, 3.8) is 0 Å². The fraction of sp³-hybridized carbons (Fsp3) is 0.455. The van der Waals surface area contributed by atoms with Gasteiger partial charge in [-0.3, -0.25) is 0 Å². The minimum absolute atomic E-state index is 0.123. The lowest BCUT2D eigenvalue weighted by Gasteiger charge is -2.21. The molecular weight excluding hydrogens is 240 g/mol. The van der Waals surface area contributed by atoms with Crippen molar-refractivity contribution >= 4 is 10.0 Å². The maximum Gasteiger partial charge on any atom is 0.241 e. The van der Waals surface area contributed by atoms with Crippen LogP contribution in [0, 0.1) is 0 Å². The second kappa shape index (κ2) is 4.29. The second-order valence-electron chi connectivity index (χ2n) is 4.30. The van der Waals surface area contributed by atoms with Crippen molar-refractivity contribution in [2.24, 2.45) is 10.9 Å². The third-order valence-electron chi connectivity index (χ3n) is 3.21. The molecule has 94 valence electrons. The van der Waals surface area contributed by atoms with Gasteiger partial charge in [-0.1, -0.05) is 0 Å². The number of hydrogen-bond donors (Lipinski definition) is 3. The van der Waals surface area contributed by atoms with Gasteiger partial charge in [-0.15, -0.1) is 0 Å². The van der Waals surface area contributed by atoms with E-state index in [1.54, 1.807) is 0 Å². The number of sulfonamides is 1. The molecule has 5 N–H and O–H groups in total. The van der Waals surface area contributed by atoms with E-state index in [4.69, 9.17) is 10.9 Å². The number of primary sulfonamides is 1. The van der Waals surface area contributed by atoms with Crippen LogP contribution < -0.4 is 10.9 Å². The molecule has 1 aromatic carbocycles. The van der Waals surface area contributed by atoms with Crippen LogP contribution in [-0.4, -0.2) is 13.5 Å². The minimum Gasteiger partial charge on any atom is -0.506 e. The van der Waals surface area contributed by atoms with Crippen LogP contribution in [0.1, 0.15) is 29.5 Å². The van der Waals surface area contributed by atoms with Crippen molar-refractivity contribution < 1.29 is 13.5 Å². The van der Waals surface area contributed by atoms with E-state index in [9.17, 15) is 13.5 Å². The zero-order chi connectivity index (χ0) is 12.6. The number of fused-ring (bicyclic) bond motifs is 1. The van der Waals surface area contributed by atoms with E-state index in [0.717, 1.165) is 36.8 Å². The lowest BCUT2D eigenvalue weighted by Crippen LogP contribution is -2.17. The normalized spacial score (nSPS) is 15.6. The van der Waals surface area contributed by atoms with E-state index in [1.807, 2.05) is 0 Å². The highest BCUT2D eigenvalue weighted by Crippen LogP contribution is 2.35. The number of aromatic hydroxyl groups is 1. The molecule has 5 nitrogen and oxygen atoms in total. The first-order chi connectivity index (χ1) is 7.95. The highest BCUT2D eigenvalue weighted by atomic mass is 32.2. The van der Waals surface area contributed by atoms with Crippen LogP contribution >= 0.6 is 0 Å². The molecule has 0 heterocycles. The second-order valence-corrected chi connectivity index (χ2v) is 5.83. The van der Waals surface area contributed by atoms with E-state index in [2.05, 4.69) is 0 Å². The van der Waals surface area contributed by atoms with E-state index < -0.39 is 10.0 Å². The largest absolute Gasteiger partial charge is 0.506 e. The van der Waals surface area contributed by atoms with Gasteiger partial charge in [0.25, 0.3) is 0 Å². The van der Waals surface area contributed by atoms with Crippen LogP contribution in [0.25, 0.3) is 0 Å². The van der Waals surface area contributed by atoms with Gasteiger partial charge in [-0.2, -0.15) is 0 Å². The standard InChI is InChI=1S/C11H16N2O3S/c12-6-9-8-4-2-1-3-7(8)5-10(11(9)14)17(13,15)16/h5,14H,1-4,6,12H2,(H2,13,15,16). The summed E-state index contributed by atoms with van der Waals surface area (Å²) < 4.78 is 22.8. The Hall–Kier alpha value is -1.11. The average Bonchev–Trinajstić information content (AvgIpc) is 2.27. The predicted octanol–water partition coefficient (Wildman–Crippen LogP) is 0.377. The van der Waals surface area contributed by atoms with Crippen LogP contribution in [0.3, 0.4) is 0 Å². The van der Waals surface area contributed by atoms with E-state index in [1.165, 1.54) is 6.07 Å². The van der Waals surface area contributed by atoms with Crippen molar-refractivity contribution in [2.45, 2.75) is 37.1 Å². The Kier molecular flexibility index (Phi) is 3.11. The van der Waals surface area contributed by atoms with Gasteiger partial charge in [0, 0.05) is 12.1 Å². The summed E-state index contributed by atoms with van der Waals surface area (Å²) in [5.74, 6) is -0.282. The zero-order valence-electron chi connectivity index (χ0n) is 9.44. The maximum absolute atomic E-state index is 11.4. The van der Waals surface area contributed by atoms with Crippen molar-refractivity contribution in [2.75, 3.05) is 0 Å². The van der Waals surface area contributed by atoms with Gasteiger partial charge in [-0.25, -0.2) is 13.6 Å². The Morgan fingerprint density at radius 1 is 1.29 bits per heavy atom. The van der Waals surface area contributed by atoms with E-state index in [-0.39, 0.29) is 17.2 Å². The van der Waals surface area contributed by atoms with Gasteiger partial charge < -0.3 is 10.8 Å². The predicted molar refractivity (Wildman–Crippen MR) is 64.0 cm³/mol. The fourth-order valence-corrected chi connectivity index (χ4v) is 3.09. The first-order valence-electron chi connectivity index (χ1n) is 5.54. The summed E-state index contributed by atoms with van der Waals surface area (Å²) in [5, 5.41) is 15.0. The van der Waals surface area contributed by atoms with Gasteiger partial charge in [0.05, 0.1) is 0 Å². The monoisotopic (exact) mass is 256 g/mol. The molecular formula is C11H16N2O3S. The van der Waals surface area contributed by atoms with E-state index in [0.29, 0.717) is 5.56 Å². The minimum atomic E-state index is -3.91. The molecule has 0 saturated carbocycles. The molecule has 0 aromatic heterocycles. The molecule has 0 bridgehead atoms. The van der Waals surface area contributed by atoms with Crippen LogP contribution in [-0.2, 0) is 29.4 Å². The zero-order valence-corrected chi connectivity index (χ0v) is 10.3. The molecule has 17 heavy (non-hydrogen) atoms. The molecule has 1 aliphatic rings. The number of nitrogens with two attached hydrogens (primary N) is 2. The van der Waals surface area contributed by atoms with Gasteiger partial charge in [0.1, 0.15) is 10.6 Å². The fourth-order valence-electron chi connectivity index (χ4n) is 2.39. The molecule has 2 rings (SSSR count). The Labute approximate surface area is 100 Å². The molecule has 6 heteroatoms. The van der Waals surface area contributed by atoms with Gasteiger partial charge >= 0.3 is 0 Å². The third-order valence-corrected chi connectivity index (χ3v) is 4.13. The molecule has 1 aromatic rings. The molecule has 0 fully saturated rings. The molecule has 0 radical (unpaired) electrons. The SMILES string of the molecule is NCc1c(O)c(S(N)(=O)=O)cc2c1CCCC2. The number of benzene rings is 1. The summed E-state index contributed by atoms with van der Waals surface area (Å²) in [6.45, 7) is 0.123. The Balaban J connectivity index is 2.73. The first-order valence-corrected chi connectivity index (χ1v) is 7.09. The summed E-state index contributed by atoms with van der Waals surface area (Å²) in [6.07, 6.45) is 3.70. The highest BCUT2D eigenvalue weighted by Gasteiger charge is 2.23.